The van der Waals surface area contributed by atoms with Gasteiger partial charge in [-0.3, -0.25) is 0 Å². The Hall–Kier alpha value is -1.93. The highest BCUT2D eigenvalue weighted by atomic mass is 32.2. The summed E-state index contributed by atoms with van der Waals surface area (Å²) in [7, 11) is -3.82. The van der Waals surface area contributed by atoms with E-state index >= 15 is 0 Å². The Balaban J connectivity index is 1.98. The van der Waals surface area contributed by atoms with Crippen LogP contribution in [0.3, 0.4) is 0 Å². The predicted molar refractivity (Wildman–Crippen MR) is 82.2 cm³/mol. The van der Waals surface area contributed by atoms with Crippen LogP contribution in [0.5, 0.6) is 0 Å². The largest absolute Gasteiger partial charge is 0.416 e. The molecule has 2 rings (SSSR count). The highest BCUT2D eigenvalue weighted by molar-refractivity contribution is 7.88. The van der Waals surface area contributed by atoms with Crippen molar-refractivity contribution in [3.8, 4) is 0 Å². The van der Waals surface area contributed by atoms with Gasteiger partial charge in [0.2, 0.25) is 10.0 Å². The van der Waals surface area contributed by atoms with Gasteiger partial charge in [0, 0.05) is 6.54 Å². The molecule has 24 heavy (non-hydrogen) atoms. The minimum atomic E-state index is -4.53. The number of halogens is 4. The highest BCUT2D eigenvalue weighted by Gasteiger charge is 2.30. The predicted octanol–water partition coefficient (Wildman–Crippen LogP) is 3.51. The molecule has 130 valence electrons. The molecule has 0 saturated heterocycles. The summed E-state index contributed by atoms with van der Waals surface area (Å²) in [6.07, 6.45) is -4.38. The molecule has 0 spiro atoms. The van der Waals surface area contributed by atoms with Crippen molar-refractivity contribution in [2.75, 3.05) is 6.54 Å². The number of nitrogens with one attached hydrogen (secondary N) is 1. The maximum absolute atomic E-state index is 13.4. The second-order valence-electron chi connectivity index (χ2n) is 5.19. The van der Waals surface area contributed by atoms with Crippen LogP contribution >= 0.6 is 0 Å². The summed E-state index contributed by atoms with van der Waals surface area (Å²) in [6, 6.07) is 10.1. The lowest BCUT2D eigenvalue weighted by atomic mass is 10.1. The van der Waals surface area contributed by atoms with E-state index < -0.39 is 33.3 Å². The lowest BCUT2D eigenvalue weighted by Gasteiger charge is -2.10. The molecule has 0 bridgehead atoms. The van der Waals surface area contributed by atoms with Gasteiger partial charge in [0.15, 0.2) is 0 Å². The first kappa shape index (κ1) is 18.4. The summed E-state index contributed by atoms with van der Waals surface area (Å²) in [5, 5.41) is 0. The van der Waals surface area contributed by atoms with E-state index in [1.54, 1.807) is 6.07 Å². The van der Waals surface area contributed by atoms with Crippen LogP contribution in [0.4, 0.5) is 17.6 Å². The fourth-order valence-corrected chi connectivity index (χ4v) is 3.28. The van der Waals surface area contributed by atoms with Crippen LogP contribution in [0.2, 0.25) is 0 Å². The summed E-state index contributed by atoms with van der Waals surface area (Å²) in [5.74, 6) is -1.01. The average molecular weight is 361 g/mol. The summed E-state index contributed by atoms with van der Waals surface area (Å²) in [4.78, 5) is 0. The van der Waals surface area contributed by atoms with Crippen LogP contribution in [0.15, 0.2) is 48.5 Å². The summed E-state index contributed by atoms with van der Waals surface area (Å²) < 4.78 is 77.5. The monoisotopic (exact) mass is 361 g/mol. The fourth-order valence-electron chi connectivity index (χ4n) is 2.15. The Bertz CT molecular complexity index is 804. The van der Waals surface area contributed by atoms with Crippen molar-refractivity contribution < 1.29 is 26.0 Å². The summed E-state index contributed by atoms with van der Waals surface area (Å²) >= 11 is 0. The van der Waals surface area contributed by atoms with Crippen molar-refractivity contribution in [1.82, 2.24) is 4.72 Å². The maximum Gasteiger partial charge on any atom is 0.416 e. The van der Waals surface area contributed by atoms with E-state index in [0.717, 1.165) is 18.2 Å². The van der Waals surface area contributed by atoms with Gasteiger partial charge in [-0.15, -0.1) is 0 Å². The maximum atomic E-state index is 13.4. The molecule has 0 aromatic heterocycles. The molecule has 0 radical (unpaired) electrons. The van der Waals surface area contributed by atoms with Gasteiger partial charge in [0.1, 0.15) is 5.82 Å². The summed E-state index contributed by atoms with van der Waals surface area (Å²) in [5.41, 5.74) is -0.510. The number of alkyl halides is 3. The zero-order valence-electron chi connectivity index (χ0n) is 12.5. The van der Waals surface area contributed by atoms with Gasteiger partial charge in [0.25, 0.3) is 0 Å². The Morgan fingerprint density at radius 3 is 2.38 bits per heavy atom. The van der Waals surface area contributed by atoms with E-state index in [1.807, 2.05) is 0 Å². The van der Waals surface area contributed by atoms with Crippen molar-refractivity contribution in [2.45, 2.75) is 18.3 Å². The molecule has 1 N–H and O–H groups in total. The van der Waals surface area contributed by atoms with E-state index in [1.165, 1.54) is 24.3 Å². The van der Waals surface area contributed by atoms with Crippen LogP contribution in [0.1, 0.15) is 16.7 Å². The molecule has 0 aliphatic rings. The minimum absolute atomic E-state index is 0.0308. The molecule has 0 aliphatic heterocycles. The molecular weight excluding hydrogens is 346 g/mol. The van der Waals surface area contributed by atoms with Crippen LogP contribution in [0.25, 0.3) is 0 Å². The van der Waals surface area contributed by atoms with Crippen molar-refractivity contribution in [3.63, 3.8) is 0 Å². The van der Waals surface area contributed by atoms with Crippen molar-refractivity contribution >= 4 is 10.0 Å². The molecule has 3 nitrogen and oxygen atoms in total. The number of sulfonamides is 1. The van der Waals surface area contributed by atoms with E-state index in [0.29, 0.717) is 5.56 Å². The quantitative estimate of drug-likeness (QED) is 0.801. The van der Waals surface area contributed by atoms with Crippen LogP contribution in [-0.4, -0.2) is 15.0 Å². The summed E-state index contributed by atoms with van der Waals surface area (Å²) in [6.45, 7) is -0.0395. The zero-order chi connectivity index (χ0) is 17.8. The van der Waals surface area contributed by atoms with Crippen LogP contribution in [-0.2, 0) is 28.4 Å². The molecule has 0 amide bonds. The van der Waals surface area contributed by atoms with Crippen LogP contribution in [0, 0.1) is 5.82 Å². The van der Waals surface area contributed by atoms with E-state index in [2.05, 4.69) is 4.72 Å². The molecule has 0 atom stereocenters. The third kappa shape index (κ3) is 5.31. The molecular formula is C16H15F4NO2S. The molecule has 0 saturated carbocycles. The molecule has 0 fully saturated rings. The number of rotatable bonds is 6. The van der Waals surface area contributed by atoms with Gasteiger partial charge in [-0.1, -0.05) is 36.4 Å². The van der Waals surface area contributed by atoms with Gasteiger partial charge >= 0.3 is 6.18 Å². The van der Waals surface area contributed by atoms with E-state index in [4.69, 9.17) is 0 Å². The Morgan fingerprint density at radius 2 is 1.71 bits per heavy atom. The zero-order valence-corrected chi connectivity index (χ0v) is 13.3. The van der Waals surface area contributed by atoms with Gasteiger partial charge in [-0.25, -0.2) is 17.5 Å². The van der Waals surface area contributed by atoms with Gasteiger partial charge in [0.05, 0.1) is 11.3 Å². The lowest BCUT2D eigenvalue weighted by molar-refractivity contribution is -0.137. The lowest BCUT2D eigenvalue weighted by Crippen LogP contribution is -2.27. The molecule has 0 unspecified atom stereocenters. The van der Waals surface area contributed by atoms with Crippen molar-refractivity contribution in [3.05, 3.63) is 71.0 Å². The second kappa shape index (κ2) is 7.31. The average Bonchev–Trinajstić information content (AvgIpc) is 2.48. The highest BCUT2D eigenvalue weighted by Crippen LogP contribution is 2.29. The molecule has 2 aromatic carbocycles. The Labute approximate surface area is 137 Å². The first-order valence-corrected chi connectivity index (χ1v) is 8.69. The molecule has 0 aliphatic carbocycles. The van der Waals surface area contributed by atoms with E-state index in [9.17, 15) is 26.0 Å². The molecule has 2 aromatic rings. The normalized spacial score (nSPS) is 12.3. The Morgan fingerprint density at radius 1 is 1.00 bits per heavy atom. The molecule has 0 heterocycles. The number of hydrogen-bond donors (Lipinski definition) is 1. The topological polar surface area (TPSA) is 46.2 Å². The third-order valence-electron chi connectivity index (χ3n) is 3.29. The third-order valence-corrected chi connectivity index (χ3v) is 4.64. The fraction of sp³-hybridized carbons (Fsp3) is 0.250. The SMILES string of the molecule is O=S(=O)(Cc1cccc(C(F)(F)F)c1)NCCc1ccccc1F. The second-order valence-corrected chi connectivity index (χ2v) is 7.00. The number of benzene rings is 2. The van der Waals surface area contributed by atoms with Gasteiger partial charge < -0.3 is 0 Å². The Kier molecular flexibility index (Phi) is 5.61. The van der Waals surface area contributed by atoms with Crippen molar-refractivity contribution in [1.29, 1.82) is 0 Å². The van der Waals surface area contributed by atoms with E-state index in [-0.39, 0.29) is 18.5 Å². The van der Waals surface area contributed by atoms with Crippen molar-refractivity contribution in [2.24, 2.45) is 0 Å². The standard InChI is InChI=1S/C16H15F4NO2S/c17-15-7-2-1-5-13(15)8-9-21-24(22,23)11-12-4-3-6-14(10-12)16(18,19)20/h1-7,10,21H,8-9,11H2. The molecule has 8 heteroatoms. The number of hydrogen-bond acceptors (Lipinski definition) is 2. The first-order valence-electron chi connectivity index (χ1n) is 7.04. The minimum Gasteiger partial charge on any atom is -0.215 e. The first-order chi connectivity index (χ1) is 11.2. The van der Waals surface area contributed by atoms with Crippen LogP contribution < -0.4 is 4.72 Å². The van der Waals surface area contributed by atoms with Gasteiger partial charge in [-0.05, 0) is 29.7 Å². The van der Waals surface area contributed by atoms with Gasteiger partial charge in [-0.2, -0.15) is 13.2 Å². The smallest absolute Gasteiger partial charge is 0.215 e.